The number of carbonyl (C=O) groups is 1. The minimum Gasteiger partial charge on any atom is -0.322 e. The van der Waals surface area contributed by atoms with Crippen LogP contribution in [0.1, 0.15) is 6.92 Å². The smallest absolute Gasteiger partial charge is 0.255 e. The maximum absolute atomic E-state index is 10.9. The first kappa shape index (κ1) is 6.81. The van der Waals surface area contributed by atoms with E-state index in [1.54, 1.807) is 6.08 Å². The molecule has 0 aromatic heterocycles. The highest BCUT2D eigenvalue weighted by molar-refractivity contribution is 6.02. The number of amides is 1. The summed E-state index contributed by atoms with van der Waals surface area (Å²) in [5, 5.41) is 2.59. The van der Waals surface area contributed by atoms with Crippen LogP contribution in [0, 0.1) is 0 Å². The van der Waals surface area contributed by atoms with Crippen molar-refractivity contribution in [2.75, 3.05) is 0 Å². The molecule has 0 spiro atoms. The first-order chi connectivity index (χ1) is 4.66. The Bertz CT molecular complexity index is 248. The van der Waals surface area contributed by atoms with Gasteiger partial charge in [0.25, 0.3) is 5.91 Å². The highest BCUT2D eigenvalue weighted by Gasteiger charge is 2.19. The molecule has 1 rings (SSSR count). The summed E-state index contributed by atoms with van der Waals surface area (Å²) in [5.41, 5.74) is 2.20. The molecule has 0 unspecified atom stereocenters. The second kappa shape index (κ2) is 2.14. The molecular weight excluding hydrogens is 126 g/mol. The van der Waals surface area contributed by atoms with E-state index < -0.39 is 0 Å². The van der Waals surface area contributed by atoms with Gasteiger partial charge in [0.05, 0.1) is 0 Å². The van der Waals surface area contributed by atoms with Gasteiger partial charge in [-0.25, -0.2) is 0 Å². The molecule has 1 aliphatic rings. The fourth-order valence-electron chi connectivity index (χ4n) is 0.877. The lowest BCUT2D eigenvalue weighted by molar-refractivity contribution is -0.115. The van der Waals surface area contributed by atoms with Gasteiger partial charge in [0.15, 0.2) is 0 Å². The summed E-state index contributed by atoms with van der Waals surface area (Å²) in [6.07, 6.45) is 1.54. The average Bonchev–Trinajstić information content (AvgIpc) is 2.09. The number of carbonyl (C=O) groups excluding carboxylic acids is 1. The van der Waals surface area contributed by atoms with Gasteiger partial charge in [-0.3, -0.25) is 4.79 Å². The topological polar surface area (TPSA) is 29.1 Å². The molecule has 1 amide bonds. The minimum absolute atomic E-state index is 0.0995. The maximum atomic E-state index is 10.9. The van der Waals surface area contributed by atoms with Crippen molar-refractivity contribution in [1.29, 1.82) is 0 Å². The lowest BCUT2D eigenvalue weighted by Crippen LogP contribution is -2.14. The lowest BCUT2D eigenvalue weighted by atomic mass is 10.1. The van der Waals surface area contributed by atoms with E-state index in [-0.39, 0.29) is 5.91 Å². The van der Waals surface area contributed by atoms with Crippen LogP contribution in [0.3, 0.4) is 0 Å². The molecule has 0 atom stereocenters. The SMILES string of the molecule is C=CC1=C(C)C(=C)NC1=O. The van der Waals surface area contributed by atoms with Gasteiger partial charge in [-0.1, -0.05) is 19.2 Å². The Morgan fingerprint density at radius 3 is 2.40 bits per heavy atom. The fraction of sp³-hybridized carbons (Fsp3) is 0.125. The Balaban J connectivity index is 3.13. The summed E-state index contributed by atoms with van der Waals surface area (Å²) in [6.45, 7) is 9.01. The number of rotatable bonds is 1. The molecule has 0 aromatic carbocycles. The van der Waals surface area contributed by atoms with Gasteiger partial charge < -0.3 is 5.32 Å². The zero-order valence-electron chi connectivity index (χ0n) is 5.90. The number of nitrogens with one attached hydrogen (secondary N) is 1. The zero-order chi connectivity index (χ0) is 7.72. The summed E-state index contributed by atoms with van der Waals surface area (Å²) in [5.74, 6) is -0.0995. The molecule has 0 bridgehead atoms. The van der Waals surface area contributed by atoms with E-state index in [0.29, 0.717) is 11.3 Å². The van der Waals surface area contributed by atoms with E-state index in [0.717, 1.165) is 5.57 Å². The molecule has 0 saturated carbocycles. The summed E-state index contributed by atoms with van der Waals surface area (Å²) in [7, 11) is 0. The van der Waals surface area contributed by atoms with Gasteiger partial charge in [0, 0.05) is 11.3 Å². The monoisotopic (exact) mass is 135 g/mol. The van der Waals surface area contributed by atoms with Gasteiger partial charge in [0.2, 0.25) is 0 Å². The van der Waals surface area contributed by atoms with Crippen LogP contribution >= 0.6 is 0 Å². The van der Waals surface area contributed by atoms with Crippen LogP contribution in [0.15, 0.2) is 36.1 Å². The molecule has 0 aromatic rings. The van der Waals surface area contributed by atoms with Gasteiger partial charge in [-0.15, -0.1) is 0 Å². The van der Waals surface area contributed by atoms with E-state index in [9.17, 15) is 4.79 Å². The van der Waals surface area contributed by atoms with Crippen LogP contribution in [-0.2, 0) is 4.79 Å². The van der Waals surface area contributed by atoms with E-state index in [1.165, 1.54) is 0 Å². The Labute approximate surface area is 59.9 Å². The van der Waals surface area contributed by atoms with Crippen LogP contribution in [-0.4, -0.2) is 5.91 Å². The minimum atomic E-state index is -0.0995. The predicted molar refractivity (Wildman–Crippen MR) is 40.2 cm³/mol. The standard InChI is InChI=1S/C8H9NO/c1-4-7-5(2)6(3)9-8(7)10/h4H,1,3H2,2H3,(H,9,10). The predicted octanol–water partition coefficient (Wildman–Crippen LogP) is 1.13. The fourth-order valence-corrected chi connectivity index (χ4v) is 0.877. The average molecular weight is 135 g/mol. The molecule has 0 aliphatic carbocycles. The molecule has 2 nitrogen and oxygen atoms in total. The molecule has 2 heteroatoms. The third-order valence-corrected chi connectivity index (χ3v) is 1.57. The molecule has 0 saturated heterocycles. The number of hydrogen-bond donors (Lipinski definition) is 1. The van der Waals surface area contributed by atoms with Crippen LogP contribution < -0.4 is 5.32 Å². The quantitative estimate of drug-likeness (QED) is 0.573. The summed E-state index contributed by atoms with van der Waals surface area (Å²) in [6, 6.07) is 0. The van der Waals surface area contributed by atoms with E-state index in [2.05, 4.69) is 18.5 Å². The molecule has 0 fully saturated rings. The Kier molecular flexibility index (Phi) is 1.45. The zero-order valence-corrected chi connectivity index (χ0v) is 5.90. The first-order valence-electron chi connectivity index (χ1n) is 3.00. The molecular formula is C8H9NO. The normalized spacial score (nSPS) is 17.7. The van der Waals surface area contributed by atoms with Gasteiger partial charge >= 0.3 is 0 Å². The Morgan fingerprint density at radius 2 is 2.20 bits per heavy atom. The molecule has 1 heterocycles. The van der Waals surface area contributed by atoms with Crippen LogP contribution in [0.25, 0.3) is 0 Å². The highest BCUT2D eigenvalue weighted by Crippen LogP contribution is 2.18. The Hall–Kier alpha value is -1.31. The molecule has 10 heavy (non-hydrogen) atoms. The van der Waals surface area contributed by atoms with Crippen molar-refractivity contribution < 1.29 is 4.79 Å². The molecule has 0 radical (unpaired) electrons. The largest absolute Gasteiger partial charge is 0.322 e. The van der Waals surface area contributed by atoms with Crippen molar-refractivity contribution in [3.8, 4) is 0 Å². The second-order valence-electron chi connectivity index (χ2n) is 2.18. The lowest BCUT2D eigenvalue weighted by Gasteiger charge is -1.91. The van der Waals surface area contributed by atoms with Gasteiger partial charge in [-0.2, -0.15) is 0 Å². The molecule has 52 valence electrons. The van der Waals surface area contributed by atoms with Crippen molar-refractivity contribution in [2.24, 2.45) is 0 Å². The van der Waals surface area contributed by atoms with Gasteiger partial charge in [-0.05, 0) is 12.5 Å². The van der Waals surface area contributed by atoms with Crippen LogP contribution in [0.4, 0.5) is 0 Å². The third-order valence-electron chi connectivity index (χ3n) is 1.57. The van der Waals surface area contributed by atoms with Crippen LogP contribution in [0.2, 0.25) is 0 Å². The highest BCUT2D eigenvalue weighted by atomic mass is 16.1. The summed E-state index contributed by atoms with van der Waals surface area (Å²) >= 11 is 0. The number of allylic oxidation sites excluding steroid dienone is 1. The summed E-state index contributed by atoms with van der Waals surface area (Å²) < 4.78 is 0. The summed E-state index contributed by atoms with van der Waals surface area (Å²) in [4.78, 5) is 10.9. The van der Waals surface area contributed by atoms with E-state index >= 15 is 0 Å². The van der Waals surface area contributed by atoms with Crippen LogP contribution in [0.5, 0.6) is 0 Å². The number of hydrogen-bond acceptors (Lipinski definition) is 1. The Morgan fingerprint density at radius 1 is 1.60 bits per heavy atom. The third kappa shape index (κ3) is 0.778. The second-order valence-corrected chi connectivity index (χ2v) is 2.18. The van der Waals surface area contributed by atoms with Crippen molar-refractivity contribution in [1.82, 2.24) is 5.32 Å². The van der Waals surface area contributed by atoms with E-state index in [4.69, 9.17) is 0 Å². The van der Waals surface area contributed by atoms with Gasteiger partial charge in [0.1, 0.15) is 0 Å². The molecule has 1 N–H and O–H groups in total. The van der Waals surface area contributed by atoms with Crippen molar-refractivity contribution in [2.45, 2.75) is 6.92 Å². The van der Waals surface area contributed by atoms with Crippen molar-refractivity contribution in [3.63, 3.8) is 0 Å². The van der Waals surface area contributed by atoms with Crippen molar-refractivity contribution >= 4 is 5.91 Å². The van der Waals surface area contributed by atoms with Crippen molar-refractivity contribution in [3.05, 3.63) is 36.1 Å². The molecule has 1 aliphatic heterocycles. The maximum Gasteiger partial charge on any atom is 0.255 e. The van der Waals surface area contributed by atoms with E-state index in [1.807, 2.05) is 6.92 Å². The first-order valence-corrected chi connectivity index (χ1v) is 3.00.